The second-order valence-corrected chi connectivity index (χ2v) is 6.02. The molecule has 0 amide bonds. The number of aromatic nitrogens is 2. The predicted molar refractivity (Wildman–Crippen MR) is 93.2 cm³/mol. The first-order valence-corrected chi connectivity index (χ1v) is 7.98. The first kappa shape index (κ1) is 19.3. The molecule has 25 heavy (non-hydrogen) atoms. The number of alkyl halides is 3. The summed E-state index contributed by atoms with van der Waals surface area (Å²) in [6, 6.07) is 5.25. The van der Waals surface area contributed by atoms with E-state index in [0.717, 1.165) is 12.5 Å². The number of nitrogens with one attached hydrogen (secondary N) is 2. The van der Waals surface area contributed by atoms with Crippen LogP contribution in [0.4, 0.5) is 30.6 Å². The fourth-order valence-electron chi connectivity index (χ4n) is 2.22. The van der Waals surface area contributed by atoms with Gasteiger partial charge in [0.15, 0.2) is 0 Å². The lowest BCUT2D eigenvalue weighted by Crippen LogP contribution is -2.34. The maximum absolute atomic E-state index is 12.9. The lowest BCUT2D eigenvalue weighted by Gasteiger charge is -2.24. The molecule has 1 heterocycles. The Morgan fingerprint density at radius 2 is 1.96 bits per heavy atom. The zero-order chi connectivity index (χ0) is 18.6. The van der Waals surface area contributed by atoms with Crippen LogP contribution in [-0.4, -0.2) is 35.1 Å². The third-order valence-corrected chi connectivity index (χ3v) is 3.84. The van der Waals surface area contributed by atoms with Gasteiger partial charge in [-0.2, -0.15) is 18.2 Å². The molecule has 0 spiro atoms. The maximum Gasteiger partial charge on any atom is 0.417 e. The van der Waals surface area contributed by atoms with Crippen LogP contribution in [0.15, 0.2) is 30.5 Å². The lowest BCUT2D eigenvalue weighted by atomic mass is 10.2. The molecule has 2 N–H and O–H groups in total. The number of nitrogens with zero attached hydrogens (tertiary/aromatic N) is 3. The first-order chi connectivity index (χ1) is 11.7. The van der Waals surface area contributed by atoms with E-state index in [9.17, 15) is 13.2 Å². The van der Waals surface area contributed by atoms with Crippen LogP contribution in [0.1, 0.15) is 18.9 Å². The molecule has 0 saturated heterocycles. The number of anilines is 3. The van der Waals surface area contributed by atoms with Crippen molar-refractivity contribution in [3.05, 3.63) is 41.0 Å². The molecule has 136 valence electrons. The molecule has 0 fully saturated rings. The van der Waals surface area contributed by atoms with Crippen LogP contribution in [0.3, 0.4) is 0 Å². The number of halogens is 4. The SMILES string of the molecule is CCC(Nc1ccnc(Nc2ccc(Cl)c(C(F)(F)F)c2)n1)N(C)C. The maximum atomic E-state index is 12.9. The summed E-state index contributed by atoms with van der Waals surface area (Å²) in [5, 5.41) is 5.65. The van der Waals surface area contributed by atoms with Crippen LogP contribution < -0.4 is 10.6 Å². The van der Waals surface area contributed by atoms with Gasteiger partial charge < -0.3 is 10.6 Å². The molecular formula is C16H19ClF3N5. The third-order valence-electron chi connectivity index (χ3n) is 3.51. The van der Waals surface area contributed by atoms with Crippen LogP contribution >= 0.6 is 11.6 Å². The van der Waals surface area contributed by atoms with Crippen molar-refractivity contribution in [3.8, 4) is 0 Å². The van der Waals surface area contributed by atoms with Crippen molar-refractivity contribution in [1.82, 2.24) is 14.9 Å². The van der Waals surface area contributed by atoms with Crippen LogP contribution in [-0.2, 0) is 6.18 Å². The molecule has 2 aromatic rings. The summed E-state index contributed by atoms with van der Waals surface area (Å²) in [7, 11) is 3.88. The Morgan fingerprint density at radius 1 is 1.24 bits per heavy atom. The molecule has 0 aliphatic heterocycles. The van der Waals surface area contributed by atoms with E-state index in [1.165, 1.54) is 18.3 Å². The number of hydrogen-bond acceptors (Lipinski definition) is 5. The Balaban J connectivity index is 2.20. The quantitative estimate of drug-likeness (QED) is 0.725. The van der Waals surface area contributed by atoms with Gasteiger partial charge in [0.25, 0.3) is 0 Å². The van der Waals surface area contributed by atoms with Gasteiger partial charge in [-0.05, 0) is 44.8 Å². The first-order valence-electron chi connectivity index (χ1n) is 7.60. The Kier molecular flexibility index (Phi) is 6.07. The minimum Gasteiger partial charge on any atom is -0.354 e. The Morgan fingerprint density at radius 3 is 2.56 bits per heavy atom. The molecule has 0 aliphatic carbocycles. The highest BCUT2D eigenvalue weighted by Gasteiger charge is 2.33. The van der Waals surface area contributed by atoms with Crippen molar-refractivity contribution in [2.75, 3.05) is 24.7 Å². The standard InChI is InChI=1S/C16H19ClF3N5/c1-4-14(25(2)3)23-13-7-8-21-15(24-13)22-10-5-6-12(17)11(9-10)16(18,19)20/h5-9,14H,4H2,1-3H3,(H2,21,22,23,24). The van der Waals surface area contributed by atoms with E-state index in [-0.39, 0.29) is 22.8 Å². The molecule has 1 aromatic carbocycles. The minimum absolute atomic E-state index is 0.0788. The van der Waals surface area contributed by atoms with Gasteiger partial charge in [-0.1, -0.05) is 18.5 Å². The smallest absolute Gasteiger partial charge is 0.354 e. The number of rotatable bonds is 6. The molecular weight excluding hydrogens is 355 g/mol. The van der Waals surface area contributed by atoms with Crippen molar-refractivity contribution in [3.63, 3.8) is 0 Å². The normalized spacial score (nSPS) is 13.0. The van der Waals surface area contributed by atoms with Gasteiger partial charge in [0, 0.05) is 11.9 Å². The Hall–Kier alpha value is -2.06. The summed E-state index contributed by atoms with van der Waals surface area (Å²) in [4.78, 5) is 10.3. The summed E-state index contributed by atoms with van der Waals surface area (Å²) in [5.74, 6) is 0.761. The van der Waals surface area contributed by atoms with E-state index in [2.05, 4.69) is 20.6 Å². The lowest BCUT2D eigenvalue weighted by molar-refractivity contribution is -0.137. The topological polar surface area (TPSA) is 53.1 Å². The fraction of sp³-hybridized carbons (Fsp3) is 0.375. The van der Waals surface area contributed by atoms with E-state index in [4.69, 9.17) is 11.6 Å². The molecule has 1 unspecified atom stereocenters. The fourth-order valence-corrected chi connectivity index (χ4v) is 2.44. The van der Waals surface area contributed by atoms with Gasteiger partial charge in [0.2, 0.25) is 5.95 Å². The highest BCUT2D eigenvalue weighted by molar-refractivity contribution is 6.31. The number of benzene rings is 1. The monoisotopic (exact) mass is 373 g/mol. The molecule has 5 nitrogen and oxygen atoms in total. The molecule has 0 radical (unpaired) electrons. The summed E-state index contributed by atoms with van der Waals surface area (Å²) in [6.07, 6.45) is -2.07. The Labute approximate surface area is 149 Å². The highest BCUT2D eigenvalue weighted by atomic mass is 35.5. The van der Waals surface area contributed by atoms with E-state index in [0.29, 0.717) is 5.82 Å². The summed E-state index contributed by atoms with van der Waals surface area (Å²) in [6.45, 7) is 2.03. The van der Waals surface area contributed by atoms with Crippen molar-refractivity contribution >= 4 is 29.1 Å². The molecule has 2 rings (SSSR count). The largest absolute Gasteiger partial charge is 0.417 e. The summed E-state index contributed by atoms with van der Waals surface area (Å²) < 4.78 is 38.8. The molecule has 0 saturated carbocycles. The molecule has 0 bridgehead atoms. The zero-order valence-electron chi connectivity index (χ0n) is 14.0. The van der Waals surface area contributed by atoms with Crippen LogP contribution in [0, 0.1) is 0 Å². The van der Waals surface area contributed by atoms with Gasteiger partial charge in [-0.15, -0.1) is 0 Å². The number of hydrogen-bond donors (Lipinski definition) is 2. The summed E-state index contributed by atoms with van der Waals surface area (Å²) >= 11 is 5.62. The molecule has 1 aromatic heterocycles. The molecule has 0 aliphatic rings. The van der Waals surface area contributed by atoms with E-state index in [1.54, 1.807) is 6.07 Å². The summed E-state index contributed by atoms with van der Waals surface area (Å²) in [5.41, 5.74) is -0.708. The van der Waals surface area contributed by atoms with Crippen LogP contribution in [0.2, 0.25) is 5.02 Å². The second-order valence-electron chi connectivity index (χ2n) is 5.61. The van der Waals surface area contributed by atoms with E-state index < -0.39 is 11.7 Å². The van der Waals surface area contributed by atoms with Gasteiger partial charge in [-0.25, -0.2) is 4.98 Å². The van der Waals surface area contributed by atoms with Gasteiger partial charge in [0.1, 0.15) is 5.82 Å². The molecule has 1 atom stereocenters. The van der Waals surface area contributed by atoms with Gasteiger partial charge in [-0.3, -0.25) is 4.90 Å². The minimum atomic E-state index is -4.53. The van der Waals surface area contributed by atoms with Crippen molar-refractivity contribution in [2.45, 2.75) is 25.7 Å². The van der Waals surface area contributed by atoms with E-state index >= 15 is 0 Å². The zero-order valence-corrected chi connectivity index (χ0v) is 14.8. The van der Waals surface area contributed by atoms with Crippen LogP contribution in [0.25, 0.3) is 0 Å². The average Bonchev–Trinajstić information content (AvgIpc) is 2.53. The molecule has 9 heteroatoms. The average molecular weight is 374 g/mol. The van der Waals surface area contributed by atoms with Crippen molar-refractivity contribution < 1.29 is 13.2 Å². The van der Waals surface area contributed by atoms with Crippen molar-refractivity contribution in [1.29, 1.82) is 0 Å². The van der Waals surface area contributed by atoms with Gasteiger partial charge >= 0.3 is 6.18 Å². The van der Waals surface area contributed by atoms with E-state index in [1.807, 2.05) is 25.9 Å². The predicted octanol–water partition coefficient (Wildman–Crippen LogP) is 4.60. The van der Waals surface area contributed by atoms with Gasteiger partial charge in [0.05, 0.1) is 16.8 Å². The van der Waals surface area contributed by atoms with Crippen LogP contribution in [0.5, 0.6) is 0 Å². The third kappa shape index (κ3) is 5.20. The Bertz CT molecular complexity index is 721. The highest BCUT2D eigenvalue weighted by Crippen LogP contribution is 2.36. The second kappa shape index (κ2) is 7.88. The van der Waals surface area contributed by atoms with Crippen molar-refractivity contribution in [2.24, 2.45) is 0 Å².